The number of hydrogen-bond donors (Lipinski definition) is 1. The quantitative estimate of drug-likeness (QED) is 0.833. The summed E-state index contributed by atoms with van der Waals surface area (Å²) >= 11 is 0. The van der Waals surface area contributed by atoms with Crippen molar-refractivity contribution in [3.63, 3.8) is 0 Å². The number of fused-ring (bicyclic) bond motifs is 1. The van der Waals surface area contributed by atoms with Crippen LogP contribution in [-0.4, -0.2) is 12.1 Å². The average molecular weight is 214 g/mol. The number of benzene rings is 1. The zero-order chi connectivity index (χ0) is 11.2. The number of rotatable bonds is 2. The summed E-state index contributed by atoms with van der Waals surface area (Å²) in [4.78, 5) is 4.14. The summed E-state index contributed by atoms with van der Waals surface area (Å²) < 4.78 is 5.30. The van der Waals surface area contributed by atoms with Gasteiger partial charge in [-0.3, -0.25) is 4.98 Å². The molecule has 0 atom stereocenters. The summed E-state index contributed by atoms with van der Waals surface area (Å²) in [5.74, 6) is 0.854. The van der Waals surface area contributed by atoms with Crippen LogP contribution in [0.4, 0.5) is 0 Å². The van der Waals surface area contributed by atoms with E-state index >= 15 is 0 Å². The molecule has 1 aliphatic rings. The third kappa shape index (κ3) is 1.36. The first-order valence-electron chi connectivity index (χ1n) is 5.44. The van der Waals surface area contributed by atoms with Gasteiger partial charge < -0.3 is 10.5 Å². The van der Waals surface area contributed by atoms with Crippen molar-refractivity contribution in [3.05, 3.63) is 36.2 Å². The molecule has 2 N–H and O–H groups in total. The number of aromatic nitrogens is 1. The van der Waals surface area contributed by atoms with Crippen LogP contribution in [0.1, 0.15) is 18.4 Å². The molecule has 1 saturated carbocycles. The number of ether oxygens (including phenoxy) is 1. The Morgan fingerprint density at radius 1 is 1.38 bits per heavy atom. The van der Waals surface area contributed by atoms with E-state index in [9.17, 15) is 0 Å². The number of methoxy groups -OCH3 is 1. The lowest BCUT2D eigenvalue weighted by molar-refractivity contribution is 0.414. The van der Waals surface area contributed by atoms with Crippen LogP contribution in [0.3, 0.4) is 0 Å². The summed E-state index contributed by atoms with van der Waals surface area (Å²) in [6, 6.07) is 6.07. The lowest BCUT2D eigenvalue weighted by Gasteiger charge is -2.14. The van der Waals surface area contributed by atoms with Gasteiger partial charge in [0.1, 0.15) is 5.75 Å². The van der Waals surface area contributed by atoms with Crippen LogP contribution in [0.15, 0.2) is 30.6 Å². The Morgan fingerprint density at radius 2 is 2.19 bits per heavy atom. The molecule has 0 spiro atoms. The molecule has 3 rings (SSSR count). The normalized spacial score (nSPS) is 17.4. The molecule has 1 fully saturated rings. The van der Waals surface area contributed by atoms with Crippen LogP contribution in [0.5, 0.6) is 5.75 Å². The highest BCUT2D eigenvalue weighted by molar-refractivity contribution is 5.87. The molecular formula is C13H14N2O. The van der Waals surface area contributed by atoms with E-state index in [1.54, 1.807) is 7.11 Å². The van der Waals surface area contributed by atoms with Gasteiger partial charge in [-0.05, 0) is 42.0 Å². The smallest absolute Gasteiger partial charge is 0.119 e. The monoisotopic (exact) mass is 214 g/mol. The van der Waals surface area contributed by atoms with Crippen molar-refractivity contribution < 1.29 is 4.74 Å². The van der Waals surface area contributed by atoms with Crippen LogP contribution in [0, 0.1) is 0 Å². The summed E-state index contributed by atoms with van der Waals surface area (Å²) in [7, 11) is 1.68. The van der Waals surface area contributed by atoms with Crippen LogP contribution in [-0.2, 0) is 5.54 Å². The van der Waals surface area contributed by atoms with Gasteiger partial charge in [-0.25, -0.2) is 0 Å². The van der Waals surface area contributed by atoms with E-state index < -0.39 is 0 Å². The highest BCUT2D eigenvalue weighted by Crippen LogP contribution is 2.46. The first-order valence-corrected chi connectivity index (χ1v) is 5.44. The fourth-order valence-corrected chi connectivity index (χ4v) is 2.12. The van der Waals surface area contributed by atoms with E-state index in [-0.39, 0.29) is 5.54 Å². The molecule has 0 saturated heterocycles. The van der Waals surface area contributed by atoms with E-state index in [1.165, 1.54) is 10.9 Å². The van der Waals surface area contributed by atoms with Gasteiger partial charge in [-0.1, -0.05) is 0 Å². The topological polar surface area (TPSA) is 48.1 Å². The standard InChI is InChI=1S/C13H14N2O/c1-16-10-6-9-8-15-5-2-11(9)12(7-10)13(14)3-4-13/h2,5-8H,3-4,14H2,1H3. The second-order valence-electron chi connectivity index (χ2n) is 4.43. The Balaban J connectivity index is 2.31. The third-order valence-electron chi connectivity index (χ3n) is 3.29. The Bertz CT molecular complexity index is 547. The molecule has 1 aromatic carbocycles. The largest absolute Gasteiger partial charge is 0.497 e. The van der Waals surface area contributed by atoms with Crippen LogP contribution >= 0.6 is 0 Å². The SMILES string of the molecule is COc1cc(C2(N)CC2)c2ccncc2c1. The first-order chi connectivity index (χ1) is 7.73. The summed E-state index contributed by atoms with van der Waals surface area (Å²) in [5.41, 5.74) is 7.32. The summed E-state index contributed by atoms with van der Waals surface area (Å²) in [6.07, 6.45) is 5.77. The molecule has 1 aliphatic carbocycles. The number of nitrogens with two attached hydrogens (primary N) is 1. The average Bonchev–Trinajstić information content (AvgIpc) is 3.07. The third-order valence-corrected chi connectivity index (χ3v) is 3.29. The number of hydrogen-bond acceptors (Lipinski definition) is 3. The van der Waals surface area contributed by atoms with E-state index in [4.69, 9.17) is 10.5 Å². The van der Waals surface area contributed by atoms with E-state index in [0.717, 1.165) is 24.0 Å². The summed E-state index contributed by atoms with van der Waals surface area (Å²) in [6.45, 7) is 0. The van der Waals surface area contributed by atoms with Gasteiger partial charge in [0.05, 0.1) is 7.11 Å². The molecule has 16 heavy (non-hydrogen) atoms. The maximum Gasteiger partial charge on any atom is 0.119 e. The molecule has 2 aromatic rings. The van der Waals surface area contributed by atoms with Crippen LogP contribution in [0.25, 0.3) is 10.8 Å². The molecule has 0 radical (unpaired) electrons. The fourth-order valence-electron chi connectivity index (χ4n) is 2.12. The Hall–Kier alpha value is -1.61. The molecule has 82 valence electrons. The molecule has 3 heteroatoms. The second kappa shape index (κ2) is 3.19. The van der Waals surface area contributed by atoms with Gasteiger partial charge in [0, 0.05) is 23.3 Å². The van der Waals surface area contributed by atoms with Crippen molar-refractivity contribution in [2.45, 2.75) is 18.4 Å². The number of nitrogens with zero attached hydrogens (tertiary/aromatic N) is 1. The Morgan fingerprint density at radius 3 is 2.88 bits per heavy atom. The zero-order valence-corrected chi connectivity index (χ0v) is 9.23. The minimum Gasteiger partial charge on any atom is -0.497 e. The van der Waals surface area contributed by atoms with Crippen LogP contribution in [0.2, 0.25) is 0 Å². The molecule has 1 aromatic heterocycles. The Labute approximate surface area is 94.2 Å². The second-order valence-corrected chi connectivity index (χ2v) is 4.43. The predicted molar refractivity (Wildman–Crippen MR) is 63.4 cm³/mol. The minimum absolute atomic E-state index is 0.145. The highest BCUT2D eigenvalue weighted by Gasteiger charge is 2.41. The van der Waals surface area contributed by atoms with E-state index in [0.29, 0.717) is 0 Å². The molecule has 0 unspecified atom stereocenters. The molecule has 0 aliphatic heterocycles. The minimum atomic E-state index is -0.145. The van der Waals surface area contributed by atoms with Crippen molar-refractivity contribution in [3.8, 4) is 5.75 Å². The lowest BCUT2D eigenvalue weighted by Crippen LogP contribution is -2.19. The van der Waals surface area contributed by atoms with Gasteiger partial charge in [-0.15, -0.1) is 0 Å². The van der Waals surface area contributed by atoms with Gasteiger partial charge in [0.25, 0.3) is 0 Å². The van der Waals surface area contributed by atoms with Crippen molar-refractivity contribution in [1.29, 1.82) is 0 Å². The van der Waals surface area contributed by atoms with Gasteiger partial charge in [0.15, 0.2) is 0 Å². The molecule has 0 amide bonds. The lowest BCUT2D eigenvalue weighted by atomic mass is 9.98. The molecule has 1 heterocycles. The van der Waals surface area contributed by atoms with E-state index in [2.05, 4.69) is 11.1 Å². The van der Waals surface area contributed by atoms with Crippen molar-refractivity contribution in [2.75, 3.05) is 7.11 Å². The van der Waals surface area contributed by atoms with Gasteiger partial charge >= 0.3 is 0 Å². The Kier molecular flexibility index (Phi) is 1.91. The summed E-state index contributed by atoms with van der Waals surface area (Å²) in [5, 5.41) is 2.28. The maximum atomic E-state index is 6.28. The van der Waals surface area contributed by atoms with Crippen molar-refractivity contribution in [1.82, 2.24) is 4.98 Å². The zero-order valence-electron chi connectivity index (χ0n) is 9.23. The van der Waals surface area contributed by atoms with Crippen molar-refractivity contribution >= 4 is 10.8 Å². The van der Waals surface area contributed by atoms with Gasteiger partial charge in [-0.2, -0.15) is 0 Å². The maximum absolute atomic E-state index is 6.28. The number of pyridine rings is 1. The van der Waals surface area contributed by atoms with E-state index in [1.807, 2.05) is 24.5 Å². The van der Waals surface area contributed by atoms with Gasteiger partial charge in [0.2, 0.25) is 0 Å². The first kappa shape index (κ1) is 9.60. The molecule has 3 nitrogen and oxygen atoms in total. The van der Waals surface area contributed by atoms with Crippen molar-refractivity contribution in [2.24, 2.45) is 5.73 Å². The molecular weight excluding hydrogens is 200 g/mol. The van der Waals surface area contributed by atoms with Crippen LogP contribution < -0.4 is 10.5 Å². The molecule has 0 bridgehead atoms. The predicted octanol–water partition coefficient (Wildman–Crippen LogP) is 2.19. The highest BCUT2D eigenvalue weighted by atomic mass is 16.5. The fraction of sp³-hybridized carbons (Fsp3) is 0.308.